The van der Waals surface area contributed by atoms with Crippen molar-refractivity contribution in [3.63, 3.8) is 0 Å². The summed E-state index contributed by atoms with van der Waals surface area (Å²) in [7, 11) is 1.48. The molecule has 0 unspecified atom stereocenters. The zero-order valence-electron chi connectivity index (χ0n) is 10.4. The van der Waals surface area contributed by atoms with Crippen LogP contribution >= 0.6 is 0 Å². The number of amides is 1. The van der Waals surface area contributed by atoms with Crippen LogP contribution in [0.5, 0.6) is 5.88 Å². The van der Waals surface area contributed by atoms with Crippen LogP contribution in [0.4, 0.5) is 23.2 Å². The minimum atomic E-state index is -4.76. The minimum absolute atomic E-state index is 0.144. The van der Waals surface area contributed by atoms with Gasteiger partial charge in [0.1, 0.15) is 6.61 Å². The van der Waals surface area contributed by atoms with E-state index in [0.717, 1.165) is 6.20 Å². The fraction of sp³-hybridized carbons (Fsp3) is 0.455. The molecular formula is C11H12F4N2O3. The number of halogens is 4. The first-order valence-electron chi connectivity index (χ1n) is 5.43. The molecule has 9 heteroatoms. The first-order valence-corrected chi connectivity index (χ1v) is 5.43. The SMILES string of the molecule is COCCOc1ccc(NC(=O)C(F)(F)C(F)F)cn1. The topological polar surface area (TPSA) is 60.5 Å². The Balaban J connectivity index is 2.59. The Labute approximate surface area is 111 Å². The molecule has 20 heavy (non-hydrogen) atoms. The zero-order chi connectivity index (χ0) is 15.2. The number of hydrogen-bond acceptors (Lipinski definition) is 4. The third kappa shape index (κ3) is 4.34. The summed E-state index contributed by atoms with van der Waals surface area (Å²) in [5.41, 5.74) is -0.144. The van der Waals surface area contributed by atoms with Crippen LogP contribution in [0.15, 0.2) is 18.3 Å². The summed E-state index contributed by atoms with van der Waals surface area (Å²) in [6.45, 7) is 0.569. The lowest BCUT2D eigenvalue weighted by molar-refractivity contribution is -0.163. The van der Waals surface area contributed by atoms with Gasteiger partial charge in [0.05, 0.1) is 18.5 Å². The smallest absolute Gasteiger partial charge is 0.383 e. The number of methoxy groups -OCH3 is 1. The number of alkyl halides is 4. The van der Waals surface area contributed by atoms with Gasteiger partial charge < -0.3 is 14.8 Å². The normalized spacial score (nSPS) is 11.5. The Bertz CT molecular complexity index is 440. The number of nitrogens with zero attached hydrogens (tertiary/aromatic N) is 1. The van der Waals surface area contributed by atoms with Crippen LogP contribution < -0.4 is 10.1 Å². The Morgan fingerprint density at radius 2 is 2.10 bits per heavy atom. The molecule has 0 spiro atoms. The molecule has 0 atom stereocenters. The van der Waals surface area contributed by atoms with Crippen molar-refractivity contribution < 1.29 is 31.8 Å². The van der Waals surface area contributed by atoms with Gasteiger partial charge in [-0.3, -0.25) is 4.79 Å². The molecule has 0 fully saturated rings. The first kappa shape index (κ1) is 16.2. The maximum absolute atomic E-state index is 12.7. The number of pyridine rings is 1. The highest BCUT2D eigenvalue weighted by atomic mass is 19.3. The fourth-order valence-electron chi connectivity index (χ4n) is 1.08. The zero-order valence-corrected chi connectivity index (χ0v) is 10.4. The van der Waals surface area contributed by atoms with E-state index in [4.69, 9.17) is 9.47 Å². The van der Waals surface area contributed by atoms with E-state index >= 15 is 0 Å². The minimum Gasteiger partial charge on any atom is -0.475 e. The van der Waals surface area contributed by atoms with E-state index in [0.29, 0.717) is 6.61 Å². The Kier molecular flexibility index (Phi) is 5.68. The van der Waals surface area contributed by atoms with Gasteiger partial charge in [-0.15, -0.1) is 0 Å². The number of hydrogen-bond donors (Lipinski definition) is 1. The molecular weight excluding hydrogens is 284 g/mol. The van der Waals surface area contributed by atoms with E-state index < -0.39 is 18.3 Å². The highest BCUT2D eigenvalue weighted by Gasteiger charge is 2.48. The first-order chi connectivity index (χ1) is 9.37. The van der Waals surface area contributed by atoms with Crippen LogP contribution in [0.2, 0.25) is 0 Å². The maximum atomic E-state index is 12.7. The fourth-order valence-corrected chi connectivity index (χ4v) is 1.08. The van der Waals surface area contributed by atoms with Crippen LogP contribution in [0.25, 0.3) is 0 Å². The van der Waals surface area contributed by atoms with Crippen molar-refractivity contribution in [3.8, 4) is 5.88 Å². The second kappa shape index (κ2) is 7.04. The Morgan fingerprint density at radius 1 is 1.40 bits per heavy atom. The standard InChI is InChI=1S/C11H12F4N2O3/c1-19-4-5-20-8-3-2-7(6-16-8)17-10(18)11(14,15)9(12)13/h2-3,6,9H,4-5H2,1H3,(H,17,18). The van der Waals surface area contributed by atoms with Gasteiger partial charge in [-0.1, -0.05) is 0 Å². The average molecular weight is 296 g/mol. The molecule has 0 saturated heterocycles. The molecule has 1 N–H and O–H groups in total. The maximum Gasteiger partial charge on any atom is 0.383 e. The summed E-state index contributed by atoms with van der Waals surface area (Å²) < 4.78 is 59.1. The van der Waals surface area contributed by atoms with E-state index in [1.165, 1.54) is 19.2 Å². The Morgan fingerprint density at radius 3 is 2.60 bits per heavy atom. The van der Waals surface area contributed by atoms with E-state index in [9.17, 15) is 22.4 Å². The number of aromatic nitrogens is 1. The van der Waals surface area contributed by atoms with Crippen LogP contribution in [-0.2, 0) is 9.53 Å². The highest BCUT2D eigenvalue weighted by molar-refractivity contribution is 5.96. The van der Waals surface area contributed by atoms with Crippen molar-refractivity contribution in [3.05, 3.63) is 18.3 Å². The van der Waals surface area contributed by atoms with Gasteiger partial charge in [0.2, 0.25) is 5.88 Å². The van der Waals surface area contributed by atoms with E-state index in [2.05, 4.69) is 4.98 Å². The van der Waals surface area contributed by atoms with Gasteiger partial charge in [0.25, 0.3) is 0 Å². The number of anilines is 1. The molecule has 0 aromatic carbocycles. The second-order valence-corrected chi connectivity index (χ2v) is 3.60. The average Bonchev–Trinajstić information content (AvgIpc) is 2.40. The third-order valence-electron chi connectivity index (χ3n) is 2.11. The van der Waals surface area contributed by atoms with Gasteiger partial charge in [-0.25, -0.2) is 13.8 Å². The van der Waals surface area contributed by atoms with Gasteiger partial charge >= 0.3 is 18.3 Å². The molecule has 0 radical (unpaired) electrons. The summed E-state index contributed by atoms with van der Waals surface area (Å²) in [5, 5.41) is 1.65. The van der Waals surface area contributed by atoms with Gasteiger partial charge in [-0.2, -0.15) is 8.78 Å². The lowest BCUT2D eigenvalue weighted by Crippen LogP contribution is -2.40. The highest BCUT2D eigenvalue weighted by Crippen LogP contribution is 2.24. The molecule has 0 aliphatic carbocycles. The molecule has 1 aromatic rings. The van der Waals surface area contributed by atoms with Crippen molar-refractivity contribution >= 4 is 11.6 Å². The second-order valence-electron chi connectivity index (χ2n) is 3.60. The van der Waals surface area contributed by atoms with Gasteiger partial charge in [0.15, 0.2) is 0 Å². The predicted octanol–water partition coefficient (Wildman–Crippen LogP) is 1.95. The molecule has 0 saturated carbocycles. The summed E-state index contributed by atoms with van der Waals surface area (Å²) in [5.74, 6) is -6.67. The molecule has 0 aliphatic heterocycles. The summed E-state index contributed by atoms with van der Waals surface area (Å²) in [6.07, 6.45) is -3.06. The van der Waals surface area contributed by atoms with Crippen LogP contribution in [0, 0.1) is 0 Å². The molecule has 0 aliphatic rings. The van der Waals surface area contributed by atoms with Crippen molar-refractivity contribution in [2.45, 2.75) is 12.3 Å². The van der Waals surface area contributed by atoms with Crippen LogP contribution in [0.1, 0.15) is 0 Å². The molecule has 1 aromatic heterocycles. The van der Waals surface area contributed by atoms with Crippen LogP contribution in [0.3, 0.4) is 0 Å². The molecule has 1 amide bonds. The van der Waals surface area contributed by atoms with Gasteiger partial charge in [0, 0.05) is 13.2 Å². The van der Waals surface area contributed by atoms with Crippen molar-refractivity contribution in [2.24, 2.45) is 0 Å². The van der Waals surface area contributed by atoms with Gasteiger partial charge in [-0.05, 0) is 6.07 Å². The lowest BCUT2D eigenvalue weighted by Gasteiger charge is -2.14. The Hall–Kier alpha value is -1.90. The van der Waals surface area contributed by atoms with E-state index in [-0.39, 0.29) is 18.2 Å². The monoisotopic (exact) mass is 296 g/mol. The number of carbonyl (C=O) groups is 1. The number of ether oxygens (including phenoxy) is 2. The quantitative estimate of drug-likeness (QED) is 0.617. The number of nitrogens with one attached hydrogen (secondary N) is 1. The summed E-state index contributed by atoms with van der Waals surface area (Å²) >= 11 is 0. The van der Waals surface area contributed by atoms with Crippen molar-refractivity contribution in [1.29, 1.82) is 0 Å². The summed E-state index contributed by atoms with van der Waals surface area (Å²) in [4.78, 5) is 14.7. The molecule has 5 nitrogen and oxygen atoms in total. The number of rotatable bonds is 7. The third-order valence-corrected chi connectivity index (χ3v) is 2.11. The molecule has 112 valence electrons. The van der Waals surface area contributed by atoms with Crippen molar-refractivity contribution in [1.82, 2.24) is 4.98 Å². The molecule has 1 heterocycles. The molecule has 0 bridgehead atoms. The van der Waals surface area contributed by atoms with Crippen LogP contribution in [-0.4, -0.2) is 43.6 Å². The number of carbonyl (C=O) groups excluding carboxylic acids is 1. The van der Waals surface area contributed by atoms with Crippen molar-refractivity contribution in [2.75, 3.05) is 25.6 Å². The largest absolute Gasteiger partial charge is 0.475 e. The lowest BCUT2D eigenvalue weighted by atomic mass is 10.3. The predicted molar refractivity (Wildman–Crippen MR) is 61.2 cm³/mol. The summed E-state index contributed by atoms with van der Waals surface area (Å²) in [6, 6.07) is 2.50. The molecule has 1 rings (SSSR count). The van der Waals surface area contributed by atoms with E-state index in [1.54, 1.807) is 5.32 Å². The van der Waals surface area contributed by atoms with E-state index in [1.807, 2.05) is 0 Å².